The number of imide groups is 1. The summed E-state index contributed by atoms with van der Waals surface area (Å²) in [5.74, 6) is -2.47. The summed E-state index contributed by atoms with van der Waals surface area (Å²) >= 11 is 0. The lowest BCUT2D eigenvalue weighted by atomic mass is 9.76. The van der Waals surface area contributed by atoms with Crippen LogP contribution in [-0.2, 0) is 0 Å². The molecule has 8 aromatic rings. The minimum Gasteiger partial charge on any atom is -0.491 e. The first-order valence-corrected chi connectivity index (χ1v) is 16.6. The van der Waals surface area contributed by atoms with Gasteiger partial charge in [0.05, 0.1) is 22.7 Å². The van der Waals surface area contributed by atoms with Crippen LogP contribution in [0.4, 0.5) is 5.69 Å². The molecule has 7 aromatic carbocycles. The Morgan fingerprint density at radius 3 is 1.75 bits per heavy atom. The monoisotopic (exact) mass is 667 g/mol. The molecule has 1 aliphatic carbocycles. The summed E-state index contributed by atoms with van der Waals surface area (Å²) in [6.07, 6.45) is -0.0804. The molecule has 2 aliphatic rings. The zero-order chi connectivity index (χ0) is 34.9. The van der Waals surface area contributed by atoms with Gasteiger partial charge in [0, 0.05) is 39.1 Å². The minimum absolute atomic E-state index is 0.0138. The second kappa shape index (κ2) is 10.1. The van der Waals surface area contributed by atoms with E-state index in [9.17, 15) is 24.0 Å². The van der Waals surface area contributed by atoms with E-state index in [1.54, 1.807) is 72.8 Å². The molecule has 0 unspecified atom stereocenters. The van der Waals surface area contributed by atoms with E-state index in [1.165, 1.54) is 4.90 Å². The van der Waals surface area contributed by atoms with E-state index in [0.29, 0.717) is 55.4 Å². The fraction of sp³-hybridized carbons (Fsp3) is 0.0952. The molecule has 10 rings (SSSR count). The van der Waals surface area contributed by atoms with Crippen LogP contribution in [0, 0.1) is 0 Å². The lowest BCUT2D eigenvalue weighted by Crippen LogP contribution is -2.40. The zero-order valence-electron chi connectivity index (χ0n) is 27.2. The predicted molar refractivity (Wildman–Crippen MR) is 195 cm³/mol. The van der Waals surface area contributed by atoms with Crippen LogP contribution in [-0.4, -0.2) is 39.5 Å². The molecule has 2 heterocycles. The number of carbonyl (C=O) groups excluding carboxylic acids is 4. The predicted octanol–water partition coefficient (Wildman–Crippen LogP) is 7.72. The Hall–Kier alpha value is -6.74. The van der Waals surface area contributed by atoms with Crippen molar-refractivity contribution in [1.82, 2.24) is 9.97 Å². The molecule has 0 saturated carbocycles. The van der Waals surface area contributed by atoms with Crippen LogP contribution in [0.15, 0.2) is 102 Å². The molecule has 0 saturated heterocycles. The van der Waals surface area contributed by atoms with E-state index in [-0.39, 0.29) is 11.9 Å². The van der Waals surface area contributed by atoms with Gasteiger partial charge in [-0.05, 0) is 82.6 Å². The van der Waals surface area contributed by atoms with E-state index >= 15 is 0 Å². The highest BCUT2D eigenvalue weighted by atomic mass is 16.5. The number of hydrogen-bond acceptors (Lipinski definition) is 7. The number of para-hydroxylation sites is 1. The van der Waals surface area contributed by atoms with Gasteiger partial charge >= 0.3 is 0 Å². The third-order valence-corrected chi connectivity index (χ3v) is 10.2. The number of aromatic amines is 1. The second-order valence-electron chi connectivity index (χ2n) is 13.4. The fourth-order valence-corrected chi connectivity index (χ4v) is 8.11. The van der Waals surface area contributed by atoms with E-state index in [0.717, 1.165) is 32.3 Å². The lowest BCUT2D eigenvalue weighted by Gasteiger charge is -2.29. The van der Waals surface area contributed by atoms with Gasteiger partial charge in [-0.1, -0.05) is 54.6 Å². The lowest BCUT2D eigenvalue weighted by molar-refractivity contribution is 0.0846. The first-order chi connectivity index (χ1) is 24.7. The second-order valence-corrected chi connectivity index (χ2v) is 13.4. The average Bonchev–Trinajstić information content (AvgIpc) is 3.12. The molecule has 9 nitrogen and oxygen atoms in total. The van der Waals surface area contributed by atoms with E-state index < -0.39 is 34.9 Å². The molecule has 1 aliphatic heterocycles. The molecule has 0 spiro atoms. The molecule has 0 radical (unpaired) electrons. The first kappa shape index (κ1) is 29.2. The Kier molecular flexibility index (Phi) is 5.81. The summed E-state index contributed by atoms with van der Waals surface area (Å²) in [4.78, 5) is 78.0. The minimum atomic E-state index is -1.30. The van der Waals surface area contributed by atoms with Crippen molar-refractivity contribution in [2.24, 2.45) is 0 Å². The number of H-pyrrole nitrogens is 1. The highest BCUT2D eigenvalue weighted by Crippen LogP contribution is 2.47. The Morgan fingerprint density at radius 1 is 0.608 bits per heavy atom. The van der Waals surface area contributed by atoms with Gasteiger partial charge in [-0.2, -0.15) is 0 Å². The summed E-state index contributed by atoms with van der Waals surface area (Å²) in [5, 5.41) is 6.18. The Balaban J connectivity index is 1.17. The molecular weight excluding hydrogens is 642 g/mol. The molecule has 9 heteroatoms. The normalized spacial score (nSPS) is 14.8. The van der Waals surface area contributed by atoms with Gasteiger partial charge in [0.2, 0.25) is 0 Å². The van der Waals surface area contributed by atoms with Crippen LogP contribution < -0.4 is 15.2 Å². The standard InChI is InChI=1S/C42H25N3O6/c1-19(2)51-21-7-5-6-20(18-21)45-41(49)29-16-12-24-22-10-14-27-34-28(15-11-23(32(22)34)25-13-17-30(42(45)50)35(29)33(24)25)38(47)36(37(27)46)39-43-31-9-4-3-8-26(31)40(48)44-39/h3-19,36H,1-2H3,(H,43,44,48). The Bertz CT molecular complexity index is 2880. The highest BCUT2D eigenvalue weighted by Gasteiger charge is 2.40. The first-order valence-electron chi connectivity index (χ1n) is 16.6. The summed E-state index contributed by atoms with van der Waals surface area (Å²) in [6, 6.07) is 28.2. The maximum atomic E-state index is 14.2. The summed E-state index contributed by atoms with van der Waals surface area (Å²) < 4.78 is 5.84. The third-order valence-electron chi connectivity index (χ3n) is 10.2. The van der Waals surface area contributed by atoms with Crippen LogP contribution in [0.3, 0.4) is 0 Å². The quantitative estimate of drug-likeness (QED) is 0.0881. The van der Waals surface area contributed by atoms with E-state index in [1.807, 2.05) is 38.1 Å². The number of anilines is 1. The number of carbonyl (C=O) groups is 4. The molecule has 0 fully saturated rings. The number of fused-ring (bicyclic) bond motifs is 3. The SMILES string of the molecule is CC(C)Oc1cccc(N2C(=O)c3ccc4c5ccc6c7c(ccc(c8ccc(c3c48)C2=O)c75)C(=O)C(c2nc3ccccc3c(=O)[nH]2)C6=O)c1. The topological polar surface area (TPSA) is 126 Å². The Morgan fingerprint density at radius 2 is 1.16 bits per heavy atom. The van der Waals surface area contributed by atoms with Crippen molar-refractivity contribution < 1.29 is 23.9 Å². The van der Waals surface area contributed by atoms with Crippen LogP contribution in [0.2, 0.25) is 0 Å². The van der Waals surface area contributed by atoms with Crippen LogP contribution in [0.25, 0.3) is 54.0 Å². The average molecular weight is 668 g/mol. The van der Waals surface area contributed by atoms with Crippen molar-refractivity contribution in [3.63, 3.8) is 0 Å². The zero-order valence-corrected chi connectivity index (χ0v) is 27.2. The number of amides is 2. The number of ether oxygens (including phenoxy) is 1. The van der Waals surface area contributed by atoms with E-state index in [2.05, 4.69) is 9.97 Å². The molecule has 2 amide bonds. The molecule has 0 atom stereocenters. The largest absolute Gasteiger partial charge is 0.491 e. The Labute approximate surface area is 288 Å². The van der Waals surface area contributed by atoms with Crippen molar-refractivity contribution in [3.05, 3.63) is 135 Å². The molecule has 1 N–H and O–H groups in total. The van der Waals surface area contributed by atoms with E-state index in [4.69, 9.17) is 4.74 Å². The number of hydrogen-bond donors (Lipinski definition) is 1. The van der Waals surface area contributed by atoms with Gasteiger partial charge in [0.1, 0.15) is 17.5 Å². The maximum absolute atomic E-state index is 14.2. The van der Waals surface area contributed by atoms with Crippen molar-refractivity contribution in [1.29, 1.82) is 0 Å². The van der Waals surface area contributed by atoms with Crippen LogP contribution in [0.5, 0.6) is 5.75 Å². The molecule has 244 valence electrons. The van der Waals surface area contributed by atoms with Crippen molar-refractivity contribution >= 4 is 83.1 Å². The van der Waals surface area contributed by atoms with Gasteiger partial charge in [-0.3, -0.25) is 24.0 Å². The molecular formula is C42H25N3O6. The van der Waals surface area contributed by atoms with Crippen molar-refractivity contribution in [2.75, 3.05) is 4.90 Å². The molecule has 1 aromatic heterocycles. The highest BCUT2D eigenvalue weighted by molar-refractivity contribution is 6.44. The van der Waals surface area contributed by atoms with Gasteiger partial charge in [0.25, 0.3) is 17.4 Å². The third kappa shape index (κ3) is 3.85. The number of Topliss-reactive ketones (excluding diaryl/α,β-unsaturated/α-hetero) is 2. The number of nitrogens with zero attached hydrogens (tertiary/aromatic N) is 2. The van der Waals surface area contributed by atoms with Gasteiger partial charge in [0.15, 0.2) is 11.6 Å². The number of benzene rings is 7. The molecule has 51 heavy (non-hydrogen) atoms. The van der Waals surface area contributed by atoms with Gasteiger partial charge < -0.3 is 9.72 Å². The molecule has 0 bridgehead atoms. The van der Waals surface area contributed by atoms with Crippen molar-refractivity contribution in [3.8, 4) is 5.75 Å². The number of aromatic nitrogens is 2. The smallest absolute Gasteiger partial charge is 0.265 e. The summed E-state index contributed by atoms with van der Waals surface area (Å²) in [6.45, 7) is 3.82. The number of nitrogens with one attached hydrogen (secondary N) is 1. The maximum Gasteiger partial charge on any atom is 0.265 e. The van der Waals surface area contributed by atoms with Crippen molar-refractivity contribution in [2.45, 2.75) is 25.9 Å². The fourth-order valence-electron chi connectivity index (χ4n) is 8.11. The summed E-state index contributed by atoms with van der Waals surface area (Å²) in [5.41, 5.74) is 1.94. The number of rotatable bonds is 4. The number of ketones is 2. The van der Waals surface area contributed by atoms with Crippen LogP contribution >= 0.6 is 0 Å². The van der Waals surface area contributed by atoms with Crippen LogP contribution in [0.1, 0.15) is 67.0 Å². The summed E-state index contributed by atoms with van der Waals surface area (Å²) in [7, 11) is 0. The van der Waals surface area contributed by atoms with Gasteiger partial charge in [-0.15, -0.1) is 0 Å². The van der Waals surface area contributed by atoms with Gasteiger partial charge in [-0.25, -0.2) is 9.88 Å².